The average molecular weight is 465 g/mol. The third-order valence-electron chi connectivity index (χ3n) is 4.44. The molecule has 0 atom stereocenters. The summed E-state index contributed by atoms with van der Waals surface area (Å²) in [4.78, 5) is 34.4. The molecule has 4 rings (SSSR count). The lowest BCUT2D eigenvalue weighted by atomic mass is 10.2. The number of thiophene rings is 1. The van der Waals surface area contributed by atoms with Crippen molar-refractivity contribution in [3.8, 4) is 16.5 Å². The van der Waals surface area contributed by atoms with E-state index in [-0.39, 0.29) is 17.6 Å². The Kier molecular flexibility index (Phi) is 6.67. The van der Waals surface area contributed by atoms with Gasteiger partial charge in [0.2, 0.25) is 11.8 Å². The smallest absolute Gasteiger partial charge is 0.234 e. The van der Waals surface area contributed by atoms with E-state index in [2.05, 4.69) is 15.6 Å². The number of anilines is 2. The number of carbonyl (C=O) groups is 2. The molecule has 0 radical (unpaired) electrons. The van der Waals surface area contributed by atoms with Gasteiger partial charge < -0.3 is 15.4 Å². The van der Waals surface area contributed by atoms with Crippen LogP contribution in [0.1, 0.15) is 6.92 Å². The number of methoxy groups -OCH3 is 1. The van der Waals surface area contributed by atoms with E-state index >= 15 is 0 Å². The average Bonchev–Trinajstić information content (AvgIpc) is 3.32. The van der Waals surface area contributed by atoms with Crippen molar-refractivity contribution in [2.45, 2.75) is 11.9 Å². The molecule has 2 aromatic carbocycles. The van der Waals surface area contributed by atoms with E-state index in [1.165, 1.54) is 25.8 Å². The maximum absolute atomic E-state index is 12.7. The highest BCUT2D eigenvalue weighted by molar-refractivity contribution is 8.00. The van der Waals surface area contributed by atoms with Crippen LogP contribution in [-0.2, 0) is 9.59 Å². The van der Waals surface area contributed by atoms with Gasteiger partial charge in [0, 0.05) is 18.0 Å². The molecule has 0 aliphatic carbocycles. The van der Waals surface area contributed by atoms with Gasteiger partial charge in [-0.2, -0.15) is 0 Å². The molecule has 2 amide bonds. The number of rotatable bonds is 7. The summed E-state index contributed by atoms with van der Waals surface area (Å²) in [6.45, 7) is 1.43. The second kappa shape index (κ2) is 9.80. The normalized spacial score (nSPS) is 10.7. The van der Waals surface area contributed by atoms with Crippen LogP contribution in [-0.4, -0.2) is 34.6 Å². The largest absolute Gasteiger partial charge is 0.495 e. The maximum Gasteiger partial charge on any atom is 0.234 e. The number of benzene rings is 2. The predicted octanol–water partition coefficient (Wildman–Crippen LogP) is 5.06. The molecule has 0 aliphatic heterocycles. The number of amides is 2. The van der Waals surface area contributed by atoms with Crippen LogP contribution in [0.4, 0.5) is 11.4 Å². The third kappa shape index (κ3) is 5.06. The lowest BCUT2D eigenvalue weighted by molar-refractivity contribution is -0.114. The summed E-state index contributed by atoms with van der Waals surface area (Å²) >= 11 is 2.92. The second-order valence-corrected chi connectivity index (χ2v) is 8.69. The lowest BCUT2D eigenvalue weighted by Gasteiger charge is -2.12. The molecule has 2 aromatic heterocycles. The molecule has 2 N–H and O–H groups in total. The number of hydrogen-bond donors (Lipinski definition) is 2. The molecule has 0 saturated carbocycles. The first-order valence-electron chi connectivity index (χ1n) is 9.72. The van der Waals surface area contributed by atoms with Gasteiger partial charge in [-0.3, -0.25) is 9.59 Å². The molecule has 0 saturated heterocycles. The Labute approximate surface area is 193 Å². The van der Waals surface area contributed by atoms with Gasteiger partial charge in [-0.1, -0.05) is 36.0 Å². The van der Waals surface area contributed by atoms with Crippen LogP contribution < -0.4 is 15.4 Å². The van der Waals surface area contributed by atoms with Crippen molar-refractivity contribution in [1.29, 1.82) is 0 Å². The molecular weight excluding hydrogens is 444 g/mol. The van der Waals surface area contributed by atoms with Gasteiger partial charge in [-0.15, -0.1) is 11.3 Å². The van der Waals surface area contributed by atoms with E-state index in [4.69, 9.17) is 9.72 Å². The van der Waals surface area contributed by atoms with E-state index < -0.39 is 0 Å². The Morgan fingerprint density at radius 3 is 2.66 bits per heavy atom. The Morgan fingerprint density at radius 1 is 1.06 bits per heavy atom. The van der Waals surface area contributed by atoms with E-state index in [1.54, 1.807) is 29.5 Å². The SMILES string of the molecule is COc1ccc(NC(C)=O)cc1NC(=O)CSc1nc(-c2cccs2)nc2ccccc12. The zero-order chi connectivity index (χ0) is 22.5. The van der Waals surface area contributed by atoms with Gasteiger partial charge in [-0.25, -0.2) is 9.97 Å². The van der Waals surface area contributed by atoms with Crippen molar-refractivity contribution >= 4 is 57.2 Å². The van der Waals surface area contributed by atoms with Crippen LogP contribution in [0.25, 0.3) is 21.6 Å². The van der Waals surface area contributed by atoms with E-state index in [1.807, 2.05) is 41.8 Å². The molecule has 7 nitrogen and oxygen atoms in total. The fraction of sp³-hybridized carbons (Fsp3) is 0.130. The quantitative estimate of drug-likeness (QED) is 0.293. The van der Waals surface area contributed by atoms with Gasteiger partial charge in [0.15, 0.2) is 5.82 Å². The van der Waals surface area contributed by atoms with E-state index in [0.717, 1.165) is 20.8 Å². The number of nitrogens with one attached hydrogen (secondary N) is 2. The molecule has 0 unspecified atom stereocenters. The van der Waals surface area contributed by atoms with Gasteiger partial charge in [0.1, 0.15) is 10.8 Å². The number of ether oxygens (including phenoxy) is 1. The predicted molar refractivity (Wildman–Crippen MR) is 130 cm³/mol. The van der Waals surface area contributed by atoms with Gasteiger partial charge >= 0.3 is 0 Å². The van der Waals surface area contributed by atoms with Crippen molar-refractivity contribution in [3.63, 3.8) is 0 Å². The molecule has 0 aliphatic rings. The molecule has 0 fully saturated rings. The molecule has 4 aromatic rings. The number of thioether (sulfide) groups is 1. The van der Waals surface area contributed by atoms with E-state index in [9.17, 15) is 9.59 Å². The molecule has 9 heteroatoms. The standard InChI is InChI=1S/C23H20N4O3S2/c1-14(28)24-15-9-10-19(30-2)18(12-15)25-21(29)13-32-23-16-6-3-4-7-17(16)26-22(27-23)20-8-5-11-31-20/h3-12H,13H2,1-2H3,(H,24,28)(H,25,29). The zero-order valence-corrected chi connectivity index (χ0v) is 19.0. The van der Waals surface area contributed by atoms with Gasteiger partial charge in [0.05, 0.1) is 28.9 Å². The minimum Gasteiger partial charge on any atom is -0.495 e. The van der Waals surface area contributed by atoms with Crippen molar-refractivity contribution in [2.75, 3.05) is 23.5 Å². The van der Waals surface area contributed by atoms with Gasteiger partial charge in [0.25, 0.3) is 0 Å². The highest BCUT2D eigenvalue weighted by atomic mass is 32.2. The minimum absolute atomic E-state index is 0.151. The summed E-state index contributed by atoms with van der Waals surface area (Å²) in [5.41, 5.74) is 1.89. The summed E-state index contributed by atoms with van der Waals surface area (Å²) in [5, 5.41) is 9.18. The molecule has 32 heavy (non-hydrogen) atoms. The van der Waals surface area contributed by atoms with Crippen LogP contribution in [0, 0.1) is 0 Å². The van der Waals surface area contributed by atoms with Crippen LogP contribution in [0.2, 0.25) is 0 Å². The number of nitrogens with zero attached hydrogens (tertiary/aromatic N) is 2. The Morgan fingerprint density at radius 2 is 1.91 bits per heavy atom. The molecular formula is C23H20N4O3S2. The maximum atomic E-state index is 12.7. The number of aromatic nitrogens is 2. The number of carbonyl (C=O) groups excluding carboxylic acids is 2. The molecule has 162 valence electrons. The van der Waals surface area contributed by atoms with Crippen molar-refractivity contribution in [1.82, 2.24) is 9.97 Å². The first-order valence-corrected chi connectivity index (χ1v) is 11.6. The summed E-state index contributed by atoms with van der Waals surface area (Å²) in [6.07, 6.45) is 0. The van der Waals surface area contributed by atoms with Crippen LogP contribution in [0.5, 0.6) is 5.75 Å². The monoisotopic (exact) mass is 464 g/mol. The Bertz CT molecular complexity index is 1280. The van der Waals surface area contributed by atoms with Gasteiger partial charge in [-0.05, 0) is 35.7 Å². The fourth-order valence-corrected chi connectivity index (χ4v) is 4.56. The third-order valence-corrected chi connectivity index (χ3v) is 6.30. The number of fused-ring (bicyclic) bond motifs is 1. The minimum atomic E-state index is -0.214. The Hall–Kier alpha value is -3.43. The molecule has 0 bridgehead atoms. The molecule has 0 spiro atoms. The fourth-order valence-electron chi connectivity index (χ4n) is 3.08. The van der Waals surface area contributed by atoms with Crippen molar-refractivity contribution in [3.05, 3.63) is 60.0 Å². The first kappa shape index (κ1) is 21.8. The second-order valence-electron chi connectivity index (χ2n) is 6.78. The van der Waals surface area contributed by atoms with Crippen molar-refractivity contribution < 1.29 is 14.3 Å². The van der Waals surface area contributed by atoms with Crippen molar-refractivity contribution in [2.24, 2.45) is 0 Å². The summed E-state index contributed by atoms with van der Waals surface area (Å²) in [6, 6.07) is 16.8. The number of para-hydroxylation sites is 1. The highest BCUT2D eigenvalue weighted by Gasteiger charge is 2.14. The highest BCUT2D eigenvalue weighted by Crippen LogP contribution is 2.31. The number of hydrogen-bond acceptors (Lipinski definition) is 7. The van der Waals surface area contributed by atoms with Crippen LogP contribution >= 0.6 is 23.1 Å². The lowest BCUT2D eigenvalue weighted by Crippen LogP contribution is -2.15. The zero-order valence-electron chi connectivity index (χ0n) is 17.4. The summed E-state index contributed by atoms with van der Waals surface area (Å²) in [5.74, 6) is 0.892. The van der Waals surface area contributed by atoms with E-state index in [0.29, 0.717) is 22.9 Å². The summed E-state index contributed by atoms with van der Waals surface area (Å²) < 4.78 is 5.33. The first-order chi connectivity index (χ1) is 15.5. The Balaban J connectivity index is 1.54. The molecule has 2 heterocycles. The summed E-state index contributed by atoms with van der Waals surface area (Å²) in [7, 11) is 1.52. The van der Waals surface area contributed by atoms with Crippen LogP contribution in [0.15, 0.2) is 65.0 Å². The van der Waals surface area contributed by atoms with Crippen LogP contribution in [0.3, 0.4) is 0 Å². The topological polar surface area (TPSA) is 93.2 Å².